The third kappa shape index (κ3) is 5.18. The van der Waals surface area contributed by atoms with Gasteiger partial charge in [-0.1, -0.05) is 37.6 Å². The molecule has 0 spiro atoms. The van der Waals surface area contributed by atoms with Crippen molar-refractivity contribution in [2.75, 3.05) is 19.1 Å². The molecule has 0 saturated heterocycles. The van der Waals surface area contributed by atoms with E-state index >= 15 is 0 Å². The van der Waals surface area contributed by atoms with Crippen molar-refractivity contribution in [3.8, 4) is 11.5 Å². The van der Waals surface area contributed by atoms with E-state index in [9.17, 15) is 0 Å². The minimum Gasteiger partial charge on any atom is -0.495 e. The van der Waals surface area contributed by atoms with Crippen molar-refractivity contribution in [1.29, 1.82) is 0 Å². The molecule has 0 unspecified atom stereocenters. The van der Waals surface area contributed by atoms with Crippen molar-refractivity contribution in [2.45, 2.75) is 13.8 Å². The largest absolute Gasteiger partial charge is 0.495 e. The predicted molar refractivity (Wildman–Crippen MR) is 96.0 cm³/mol. The SMILES string of the molecule is COc1ccc(N/N=C/c2ccccc2OCC(C)C)cc1Cl. The fourth-order valence-electron chi connectivity index (χ4n) is 1.89. The standard InChI is InChI=1S/C18H21ClN2O2/c1-13(2)12-23-17-7-5-4-6-14(17)11-20-21-15-8-9-18(22-3)16(19)10-15/h4-11,13,21H,12H2,1-3H3/b20-11+. The third-order valence-corrected chi connectivity index (χ3v) is 3.34. The summed E-state index contributed by atoms with van der Waals surface area (Å²) in [6, 6.07) is 13.2. The van der Waals surface area contributed by atoms with Gasteiger partial charge in [-0.25, -0.2) is 0 Å². The van der Waals surface area contributed by atoms with E-state index < -0.39 is 0 Å². The van der Waals surface area contributed by atoms with Crippen molar-refractivity contribution >= 4 is 23.5 Å². The number of methoxy groups -OCH3 is 1. The lowest BCUT2D eigenvalue weighted by atomic mass is 10.2. The van der Waals surface area contributed by atoms with E-state index in [2.05, 4.69) is 24.4 Å². The molecule has 2 aromatic rings. The third-order valence-electron chi connectivity index (χ3n) is 3.04. The number of hydrogen-bond donors (Lipinski definition) is 1. The first-order valence-electron chi connectivity index (χ1n) is 7.44. The lowest BCUT2D eigenvalue weighted by molar-refractivity contribution is 0.271. The summed E-state index contributed by atoms with van der Waals surface area (Å²) in [5.41, 5.74) is 4.65. The summed E-state index contributed by atoms with van der Waals surface area (Å²) < 4.78 is 10.9. The van der Waals surface area contributed by atoms with Crippen LogP contribution in [-0.2, 0) is 0 Å². The Bertz CT molecular complexity index is 672. The van der Waals surface area contributed by atoms with Crippen LogP contribution in [0, 0.1) is 5.92 Å². The zero-order chi connectivity index (χ0) is 16.7. The zero-order valence-electron chi connectivity index (χ0n) is 13.5. The molecule has 23 heavy (non-hydrogen) atoms. The van der Waals surface area contributed by atoms with Gasteiger partial charge in [0.1, 0.15) is 11.5 Å². The van der Waals surface area contributed by atoms with Crippen LogP contribution < -0.4 is 14.9 Å². The van der Waals surface area contributed by atoms with Crippen LogP contribution in [0.3, 0.4) is 0 Å². The van der Waals surface area contributed by atoms with Crippen molar-refractivity contribution in [2.24, 2.45) is 11.0 Å². The number of hydrazone groups is 1. The number of nitrogens with one attached hydrogen (secondary N) is 1. The molecular weight excluding hydrogens is 312 g/mol. The molecule has 2 aromatic carbocycles. The highest BCUT2D eigenvalue weighted by Crippen LogP contribution is 2.27. The number of nitrogens with zero attached hydrogens (tertiary/aromatic N) is 1. The van der Waals surface area contributed by atoms with Gasteiger partial charge in [-0.3, -0.25) is 5.43 Å². The zero-order valence-corrected chi connectivity index (χ0v) is 14.3. The van der Waals surface area contributed by atoms with Gasteiger partial charge in [0.2, 0.25) is 0 Å². The van der Waals surface area contributed by atoms with Gasteiger partial charge < -0.3 is 9.47 Å². The molecule has 122 valence electrons. The Kier molecular flexibility index (Phi) is 6.29. The molecule has 0 aliphatic carbocycles. The molecule has 0 amide bonds. The Morgan fingerprint density at radius 3 is 2.65 bits per heavy atom. The van der Waals surface area contributed by atoms with Gasteiger partial charge in [0.05, 0.1) is 30.6 Å². The lowest BCUT2D eigenvalue weighted by Crippen LogP contribution is -2.06. The second-order valence-electron chi connectivity index (χ2n) is 5.46. The van der Waals surface area contributed by atoms with E-state index in [-0.39, 0.29) is 0 Å². The minimum absolute atomic E-state index is 0.472. The van der Waals surface area contributed by atoms with Crippen LogP contribution in [0.15, 0.2) is 47.6 Å². The second-order valence-corrected chi connectivity index (χ2v) is 5.87. The molecule has 0 radical (unpaired) electrons. The summed E-state index contributed by atoms with van der Waals surface area (Å²) in [7, 11) is 1.58. The highest BCUT2D eigenvalue weighted by molar-refractivity contribution is 6.32. The molecule has 0 aliphatic heterocycles. The van der Waals surface area contributed by atoms with Crippen molar-refractivity contribution < 1.29 is 9.47 Å². The molecule has 5 heteroatoms. The number of hydrogen-bond acceptors (Lipinski definition) is 4. The first-order chi connectivity index (χ1) is 11.1. The maximum Gasteiger partial charge on any atom is 0.137 e. The Morgan fingerprint density at radius 2 is 1.96 bits per heavy atom. The van der Waals surface area contributed by atoms with Crippen LogP contribution in [0.1, 0.15) is 19.4 Å². The molecule has 2 rings (SSSR count). The fourth-order valence-corrected chi connectivity index (χ4v) is 2.15. The van der Waals surface area contributed by atoms with E-state index in [0.29, 0.717) is 23.3 Å². The predicted octanol–water partition coefficient (Wildman–Crippen LogP) is 4.83. The highest BCUT2D eigenvalue weighted by atomic mass is 35.5. The first-order valence-corrected chi connectivity index (χ1v) is 7.82. The maximum atomic E-state index is 6.08. The van der Waals surface area contributed by atoms with Gasteiger partial charge in [-0.2, -0.15) is 5.10 Å². The van der Waals surface area contributed by atoms with Crippen LogP contribution in [0.4, 0.5) is 5.69 Å². The smallest absolute Gasteiger partial charge is 0.137 e. The fraction of sp³-hybridized carbons (Fsp3) is 0.278. The van der Waals surface area contributed by atoms with Crippen LogP contribution in [0.2, 0.25) is 5.02 Å². The molecule has 0 bridgehead atoms. The number of halogens is 1. The van der Waals surface area contributed by atoms with E-state index in [0.717, 1.165) is 17.0 Å². The molecule has 0 aromatic heterocycles. The van der Waals surface area contributed by atoms with E-state index in [1.54, 1.807) is 25.5 Å². The van der Waals surface area contributed by atoms with Crippen LogP contribution in [0.5, 0.6) is 11.5 Å². The molecule has 1 N–H and O–H groups in total. The van der Waals surface area contributed by atoms with Gasteiger partial charge >= 0.3 is 0 Å². The first kappa shape index (κ1) is 17.2. The number of para-hydroxylation sites is 1. The Labute approximate surface area is 142 Å². The van der Waals surface area contributed by atoms with Crippen LogP contribution in [0.25, 0.3) is 0 Å². The summed E-state index contributed by atoms with van der Waals surface area (Å²) >= 11 is 6.08. The normalized spacial score (nSPS) is 11.0. The number of ether oxygens (including phenoxy) is 2. The summed E-state index contributed by atoms with van der Waals surface area (Å²) in [6.45, 7) is 4.91. The van der Waals surface area contributed by atoms with E-state index in [4.69, 9.17) is 21.1 Å². The van der Waals surface area contributed by atoms with Crippen LogP contribution in [-0.4, -0.2) is 19.9 Å². The molecule has 0 fully saturated rings. The average molecular weight is 333 g/mol. The highest BCUT2D eigenvalue weighted by Gasteiger charge is 2.03. The molecular formula is C18H21ClN2O2. The summed E-state index contributed by atoms with van der Waals surface area (Å²) in [5.74, 6) is 1.92. The molecule has 0 saturated carbocycles. The average Bonchev–Trinajstić information content (AvgIpc) is 2.54. The Hall–Kier alpha value is -2.20. The molecule has 4 nitrogen and oxygen atoms in total. The van der Waals surface area contributed by atoms with Crippen molar-refractivity contribution in [1.82, 2.24) is 0 Å². The monoisotopic (exact) mass is 332 g/mol. The van der Waals surface area contributed by atoms with Gasteiger partial charge in [0, 0.05) is 5.56 Å². The second kappa shape index (κ2) is 8.44. The van der Waals surface area contributed by atoms with E-state index in [1.807, 2.05) is 30.3 Å². The minimum atomic E-state index is 0.472. The Morgan fingerprint density at radius 1 is 1.17 bits per heavy atom. The summed E-state index contributed by atoms with van der Waals surface area (Å²) in [6.07, 6.45) is 1.73. The number of benzene rings is 2. The van der Waals surface area contributed by atoms with Gasteiger partial charge in [0.25, 0.3) is 0 Å². The molecule has 0 atom stereocenters. The molecule has 0 aliphatic rings. The number of rotatable bonds is 7. The van der Waals surface area contributed by atoms with Crippen molar-refractivity contribution in [3.63, 3.8) is 0 Å². The van der Waals surface area contributed by atoms with Crippen molar-refractivity contribution in [3.05, 3.63) is 53.1 Å². The Balaban J connectivity index is 2.04. The van der Waals surface area contributed by atoms with Gasteiger partial charge in [-0.15, -0.1) is 0 Å². The summed E-state index contributed by atoms with van der Waals surface area (Å²) in [4.78, 5) is 0. The van der Waals surface area contributed by atoms with Crippen LogP contribution >= 0.6 is 11.6 Å². The molecule has 0 heterocycles. The van der Waals surface area contributed by atoms with E-state index in [1.165, 1.54) is 0 Å². The topological polar surface area (TPSA) is 42.8 Å². The summed E-state index contributed by atoms with van der Waals surface area (Å²) in [5, 5.41) is 4.78. The van der Waals surface area contributed by atoms with Gasteiger partial charge in [-0.05, 0) is 36.2 Å². The quantitative estimate of drug-likeness (QED) is 0.583. The lowest BCUT2D eigenvalue weighted by Gasteiger charge is -2.10. The van der Waals surface area contributed by atoms with Gasteiger partial charge in [0.15, 0.2) is 0 Å². The maximum absolute atomic E-state index is 6.08. The number of anilines is 1.